The number of rotatable bonds is 5. The van der Waals surface area contributed by atoms with Crippen molar-refractivity contribution >= 4 is 28.4 Å². The van der Waals surface area contributed by atoms with Crippen molar-refractivity contribution in [3.05, 3.63) is 47.4 Å². The lowest BCUT2D eigenvalue weighted by Gasteiger charge is -2.18. The molecule has 1 N–H and O–H groups in total. The van der Waals surface area contributed by atoms with E-state index in [2.05, 4.69) is 23.4 Å². The van der Waals surface area contributed by atoms with Crippen molar-refractivity contribution in [3.63, 3.8) is 0 Å². The van der Waals surface area contributed by atoms with Crippen LogP contribution in [0.3, 0.4) is 0 Å². The van der Waals surface area contributed by atoms with Gasteiger partial charge in [0.05, 0.1) is 10.9 Å². The largest absolute Gasteiger partial charge is 0.360 e. The second-order valence-corrected chi connectivity index (χ2v) is 8.55. The third-order valence-electron chi connectivity index (χ3n) is 5.55. The van der Waals surface area contributed by atoms with Gasteiger partial charge in [0.2, 0.25) is 0 Å². The van der Waals surface area contributed by atoms with Crippen molar-refractivity contribution in [1.82, 2.24) is 14.5 Å². The number of aromatic amines is 1. The zero-order chi connectivity index (χ0) is 18.3. The summed E-state index contributed by atoms with van der Waals surface area (Å²) < 4.78 is 2.38. The van der Waals surface area contributed by atoms with Crippen LogP contribution in [0, 0.1) is 13.8 Å². The van der Waals surface area contributed by atoms with E-state index in [9.17, 15) is 4.79 Å². The summed E-state index contributed by atoms with van der Waals surface area (Å²) in [5.41, 5.74) is 4.09. The number of aromatic nitrogens is 3. The van der Waals surface area contributed by atoms with Crippen molar-refractivity contribution in [2.75, 3.05) is 0 Å². The monoisotopic (exact) mass is 367 g/mol. The van der Waals surface area contributed by atoms with Crippen LogP contribution < -0.4 is 0 Å². The van der Waals surface area contributed by atoms with Crippen LogP contribution in [-0.2, 0) is 0 Å². The van der Waals surface area contributed by atoms with Crippen LogP contribution in [0.4, 0.5) is 0 Å². The number of imidazole rings is 1. The summed E-state index contributed by atoms with van der Waals surface area (Å²) in [5, 5.41) is 1.82. The van der Waals surface area contributed by atoms with Gasteiger partial charge in [-0.2, -0.15) is 0 Å². The maximum absolute atomic E-state index is 13.1. The lowest BCUT2D eigenvalue weighted by atomic mass is 10.1. The molecule has 1 aromatic carbocycles. The number of nitrogens with one attached hydrogen (secondary N) is 1. The number of thioether (sulfide) groups is 1. The Kier molecular flexibility index (Phi) is 4.65. The lowest BCUT2D eigenvalue weighted by Crippen LogP contribution is -2.15. The van der Waals surface area contributed by atoms with Crippen LogP contribution in [0.5, 0.6) is 0 Å². The lowest BCUT2D eigenvalue weighted by molar-refractivity contribution is 0.0995. The first kappa shape index (κ1) is 17.4. The second-order valence-electron chi connectivity index (χ2n) is 7.25. The molecular weight excluding hydrogens is 342 g/mol. The summed E-state index contributed by atoms with van der Waals surface area (Å²) in [4.78, 5) is 21.1. The smallest absolute Gasteiger partial charge is 0.178 e. The van der Waals surface area contributed by atoms with Crippen LogP contribution in [0.15, 0.2) is 35.6 Å². The molecule has 4 rings (SSSR count). The number of fused-ring (bicyclic) bond motifs is 1. The number of nitrogens with zero attached hydrogens (tertiary/aromatic N) is 2. The van der Waals surface area contributed by atoms with Gasteiger partial charge in [0.15, 0.2) is 10.9 Å². The van der Waals surface area contributed by atoms with E-state index in [1.54, 1.807) is 11.8 Å². The highest BCUT2D eigenvalue weighted by atomic mass is 32.2. The van der Waals surface area contributed by atoms with E-state index in [1.807, 2.05) is 37.4 Å². The summed E-state index contributed by atoms with van der Waals surface area (Å²) in [6, 6.07) is 8.50. The van der Waals surface area contributed by atoms with E-state index in [1.165, 1.54) is 31.4 Å². The van der Waals surface area contributed by atoms with E-state index in [-0.39, 0.29) is 11.0 Å². The van der Waals surface area contributed by atoms with E-state index < -0.39 is 0 Å². The molecule has 1 fully saturated rings. The number of hydrogen-bond donors (Lipinski definition) is 1. The number of H-pyrrole nitrogens is 1. The Morgan fingerprint density at radius 1 is 1.27 bits per heavy atom. The predicted molar refractivity (Wildman–Crippen MR) is 107 cm³/mol. The van der Waals surface area contributed by atoms with Crippen molar-refractivity contribution in [3.8, 4) is 0 Å². The zero-order valence-electron chi connectivity index (χ0n) is 15.6. The topological polar surface area (TPSA) is 50.7 Å². The van der Waals surface area contributed by atoms with Gasteiger partial charge in [0.1, 0.15) is 0 Å². The van der Waals surface area contributed by atoms with Crippen LogP contribution in [0.1, 0.15) is 60.4 Å². The summed E-state index contributed by atoms with van der Waals surface area (Å²) >= 11 is 1.60. The zero-order valence-corrected chi connectivity index (χ0v) is 16.4. The molecular formula is C21H25N3OS. The number of hydrogen-bond acceptors (Lipinski definition) is 3. The quantitative estimate of drug-likeness (QED) is 0.481. The Morgan fingerprint density at radius 2 is 2.00 bits per heavy atom. The van der Waals surface area contributed by atoms with Gasteiger partial charge in [-0.1, -0.05) is 42.8 Å². The molecule has 1 atom stereocenters. The predicted octanol–water partition coefficient (Wildman–Crippen LogP) is 5.46. The third kappa shape index (κ3) is 2.98. The summed E-state index contributed by atoms with van der Waals surface area (Å²) in [7, 11) is 0. The first-order chi connectivity index (χ1) is 12.6. The minimum atomic E-state index is -0.171. The molecule has 2 aromatic heterocycles. The fraction of sp³-hybridized carbons (Fsp3) is 0.429. The number of ketones is 1. The average Bonchev–Trinajstić information content (AvgIpc) is 3.35. The van der Waals surface area contributed by atoms with Gasteiger partial charge in [0, 0.05) is 34.4 Å². The SMILES string of the molecule is Cc1nc(SC(C)C(=O)c2c[nH]c3ccccc23)n(C2CCCC2)c1C. The molecule has 2 heterocycles. The van der Waals surface area contributed by atoms with Crippen LogP contribution in [0.25, 0.3) is 10.9 Å². The average molecular weight is 368 g/mol. The van der Waals surface area contributed by atoms with E-state index in [4.69, 9.17) is 4.98 Å². The van der Waals surface area contributed by atoms with Crippen LogP contribution in [0.2, 0.25) is 0 Å². The van der Waals surface area contributed by atoms with E-state index in [0.29, 0.717) is 6.04 Å². The van der Waals surface area contributed by atoms with Gasteiger partial charge in [-0.15, -0.1) is 0 Å². The highest BCUT2D eigenvalue weighted by Gasteiger charge is 2.27. The molecule has 0 radical (unpaired) electrons. The van der Waals surface area contributed by atoms with Gasteiger partial charge in [-0.05, 0) is 39.7 Å². The maximum atomic E-state index is 13.1. The van der Waals surface area contributed by atoms with E-state index >= 15 is 0 Å². The molecule has 0 spiro atoms. The normalized spacial score (nSPS) is 16.4. The van der Waals surface area contributed by atoms with Gasteiger partial charge in [0.25, 0.3) is 0 Å². The highest BCUT2D eigenvalue weighted by Crippen LogP contribution is 2.37. The highest BCUT2D eigenvalue weighted by molar-refractivity contribution is 8.00. The standard InChI is InChI=1S/C21H25N3OS/c1-13-14(2)24(16-8-4-5-9-16)21(23-13)26-15(3)20(25)18-12-22-19-11-7-6-10-17(18)19/h6-7,10-12,15-16,22H,4-5,8-9H2,1-3H3. The fourth-order valence-electron chi connectivity index (χ4n) is 3.98. The summed E-state index contributed by atoms with van der Waals surface area (Å²) in [6.07, 6.45) is 6.85. The van der Waals surface area contributed by atoms with Crippen molar-refractivity contribution in [2.24, 2.45) is 0 Å². The van der Waals surface area contributed by atoms with Gasteiger partial charge in [-0.3, -0.25) is 4.79 Å². The first-order valence-corrected chi connectivity index (χ1v) is 10.3. The number of carbonyl (C=O) groups is 1. The van der Waals surface area contributed by atoms with E-state index in [0.717, 1.165) is 27.3 Å². The Hall–Kier alpha value is -2.01. The Labute approximate surface area is 158 Å². The number of carbonyl (C=O) groups excluding carboxylic acids is 1. The molecule has 0 bridgehead atoms. The molecule has 0 saturated heterocycles. The maximum Gasteiger partial charge on any atom is 0.178 e. The molecule has 1 aliphatic rings. The molecule has 5 heteroatoms. The number of aryl methyl sites for hydroxylation is 1. The van der Waals surface area contributed by atoms with Crippen LogP contribution in [-0.4, -0.2) is 25.6 Å². The Bertz CT molecular complexity index is 949. The van der Waals surface area contributed by atoms with Gasteiger partial charge in [-0.25, -0.2) is 4.98 Å². The number of Topliss-reactive ketones (excluding diaryl/α,β-unsaturated/α-hetero) is 1. The number of benzene rings is 1. The minimum absolute atomic E-state index is 0.156. The Balaban J connectivity index is 1.61. The van der Waals surface area contributed by atoms with Gasteiger partial charge < -0.3 is 9.55 Å². The van der Waals surface area contributed by atoms with Gasteiger partial charge >= 0.3 is 0 Å². The molecule has 0 amide bonds. The molecule has 4 nitrogen and oxygen atoms in total. The molecule has 26 heavy (non-hydrogen) atoms. The number of para-hydroxylation sites is 1. The molecule has 1 aliphatic carbocycles. The molecule has 3 aromatic rings. The Morgan fingerprint density at radius 3 is 2.77 bits per heavy atom. The summed E-state index contributed by atoms with van der Waals surface area (Å²) in [5.74, 6) is 0.156. The van der Waals surface area contributed by atoms with Crippen LogP contribution >= 0.6 is 11.8 Å². The molecule has 0 aliphatic heterocycles. The minimum Gasteiger partial charge on any atom is -0.360 e. The molecule has 1 unspecified atom stereocenters. The van der Waals surface area contributed by atoms with Crippen molar-refractivity contribution < 1.29 is 4.79 Å². The third-order valence-corrected chi connectivity index (χ3v) is 6.62. The first-order valence-electron chi connectivity index (χ1n) is 9.38. The molecule has 1 saturated carbocycles. The van der Waals surface area contributed by atoms with Crippen molar-refractivity contribution in [2.45, 2.75) is 62.9 Å². The second kappa shape index (κ2) is 6.95. The molecule has 136 valence electrons. The fourth-order valence-corrected chi connectivity index (χ4v) is 5.12. The van der Waals surface area contributed by atoms with Crippen molar-refractivity contribution in [1.29, 1.82) is 0 Å². The summed E-state index contributed by atoms with van der Waals surface area (Å²) in [6.45, 7) is 6.21.